The van der Waals surface area contributed by atoms with Crippen LogP contribution in [0.15, 0.2) is 47.4 Å². The highest BCUT2D eigenvalue weighted by molar-refractivity contribution is 7.92. The Morgan fingerprint density at radius 2 is 1.91 bits per heavy atom. The maximum absolute atomic E-state index is 13.5. The molecule has 0 spiro atoms. The van der Waals surface area contributed by atoms with Crippen LogP contribution >= 0.6 is 0 Å². The summed E-state index contributed by atoms with van der Waals surface area (Å²) >= 11 is 0. The molecule has 2 fully saturated rings. The molecule has 0 amide bonds. The summed E-state index contributed by atoms with van der Waals surface area (Å²) in [5.41, 5.74) is 2.74. The number of hydrogen-bond donors (Lipinski definition) is 1. The van der Waals surface area contributed by atoms with Crippen molar-refractivity contribution in [3.05, 3.63) is 59.2 Å². The molecule has 0 aromatic heterocycles. The molecule has 2 aromatic carbocycles. The van der Waals surface area contributed by atoms with Crippen LogP contribution in [0, 0.1) is 12.8 Å². The van der Waals surface area contributed by atoms with Crippen molar-refractivity contribution >= 4 is 15.8 Å². The summed E-state index contributed by atoms with van der Waals surface area (Å²) in [6, 6.07) is 12.7. The predicted octanol–water partition coefficient (Wildman–Crippen LogP) is 2.70. The summed E-state index contributed by atoms with van der Waals surface area (Å²) in [6.07, 6.45) is 2.54. The Labute approximate surface area is 196 Å². The number of piperazine rings is 1. The number of nitrogens with zero attached hydrogens (tertiary/aromatic N) is 1. The van der Waals surface area contributed by atoms with Crippen LogP contribution in [0.4, 0.5) is 0 Å². The van der Waals surface area contributed by atoms with Crippen LogP contribution in [0.2, 0.25) is 0 Å². The van der Waals surface area contributed by atoms with Crippen molar-refractivity contribution < 1.29 is 22.7 Å². The minimum Gasteiger partial charge on any atom is -0.493 e. The fourth-order valence-electron chi connectivity index (χ4n) is 4.05. The summed E-state index contributed by atoms with van der Waals surface area (Å²) in [5, 5.41) is 2.55. The molecule has 1 heterocycles. The summed E-state index contributed by atoms with van der Waals surface area (Å²) in [6.45, 7) is 4.69. The van der Waals surface area contributed by atoms with E-state index < -0.39 is 15.2 Å². The van der Waals surface area contributed by atoms with E-state index in [2.05, 4.69) is 5.32 Å². The maximum atomic E-state index is 13.5. The fraction of sp³-hybridized carbons (Fsp3) is 0.480. The molecule has 1 unspecified atom stereocenters. The van der Waals surface area contributed by atoms with Gasteiger partial charge in [0.15, 0.2) is 9.84 Å². The van der Waals surface area contributed by atoms with E-state index in [1.165, 1.54) is 20.0 Å². The molecular weight excluding hydrogens is 440 g/mol. The SMILES string of the molecule is COC(=O)Cc1ccc(OCC2CC2)c(CN2CCNCC2S(=O)(=O)c2ccc(C)cc2)c1. The fourth-order valence-corrected chi connectivity index (χ4v) is 5.79. The normalized spacial score (nSPS) is 19.3. The van der Waals surface area contributed by atoms with E-state index in [4.69, 9.17) is 9.47 Å². The van der Waals surface area contributed by atoms with Crippen LogP contribution in [0.3, 0.4) is 0 Å². The number of carbonyl (C=O) groups excluding carboxylic acids is 1. The lowest BCUT2D eigenvalue weighted by atomic mass is 10.1. The quantitative estimate of drug-likeness (QED) is 0.562. The molecule has 1 N–H and O–H groups in total. The van der Waals surface area contributed by atoms with E-state index in [9.17, 15) is 13.2 Å². The molecule has 178 valence electrons. The second-order valence-corrected chi connectivity index (χ2v) is 11.0. The standard InChI is InChI=1S/C25H32N2O5S/c1-18-3-8-22(9-4-18)33(29,30)24-15-26-11-12-27(24)16-21-13-20(14-25(28)31-2)7-10-23(21)32-17-19-5-6-19/h3-4,7-10,13,19,24,26H,5-6,11-12,14-17H2,1-2H3. The van der Waals surface area contributed by atoms with Gasteiger partial charge in [-0.3, -0.25) is 9.69 Å². The highest BCUT2D eigenvalue weighted by Crippen LogP contribution is 2.32. The maximum Gasteiger partial charge on any atom is 0.309 e. The number of sulfone groups is 1. The Balaban J connectivity index is 1.60. The van der Waals surface area contributed by atoms with E-state index in [-0.39, 0.29) is 12.4 Å². The lowest BCUT2D eigenvalue weighted by Gasteiger charge is -2.36. The number of nitrogens with one attached hydrogen (secondary N) is 1. The van der Waals surface area contributed by atoms with E-state index in [1.807, 2.05) is 42.2 Å². The van der Waals surface area contributed by atoms with E-state index in [0.717, 1.165) is 22.4 Å². The van der Waals surface area contributed by atoms with Gasteiger partial charge >= 0.3 is 5.97 Å². The van der Waals surface area contributed by atoms with Crippen LogP contribution in [0.5, 0.6) is 5.75 Å². The van der Waals surface area contributed by atoms with Gasteiger partial charge in [-0.15, -0.1) is 0 Å². The van der Waals surface area contributed by atoms with Crippen molar-refractivity contribution in [1.82, 2.24) is 10.2 Å². The Morgan fingerprint density at radius 3 is 2.61 bits per heavy atom. The molecular formula is C25H32N2O5S. The summed E-state index contributed by atoms with van der Waals surface area (Å²) < 4.78 is 37.9. The first-order valence-corrected chi connectivity index (χ1v) is 13.0. The van der Waals surface area contributed by atoms with E-state index >= 15 is 0 Å². The molecule has 1 atom stereocenters. The van der Waals surface area contributed by atoms with Gasteiger partial charge in [-0.1, -0.05) is 29.8 Å². The minimum atomic E-state index is -3.56. The molecule has 33 heavy (non-hydrogen) atoms. The molecule has 2 aromatic rings. The average molecular weight is 473 g/mol. The molecule has 2 aliphatic rings. The lowest BCUT2D eigenvalue weighted by molar-refractivity contribution is -0.139. The zero-order valence-corrected chi connectivity index (χ0v) is 20.1. The Morgan fingerprint density at radius 1 is 1.15 bits per heavy atom. The van der Waals surface area contributed by atoms with Crippen molar-refractivity contribution in [1.29, 1.82) is 0 Å². The minimum absolute atomic E-state index is 0.166. The van der Waals surface area contributed by atoms with Crippen molar-refractivity contribution in [3.8, 4) is 5.75 Å². The second-order valence-electron chi connectivity index (χ2n) is 8.94. The Kier molecular flexibility index (Phi) is 7.36. The van der Waals surface area contributed by atoms with Crippen LogP contribution in [-0.2, 0) is 32.3 Å². The first-order valence-electron chi connectivity index (χ1n) is 11.4. The number of methoxy groups -OCH3 is 1. The number of esters is 1. The lowest BCUT2D eigenvalue weighted by Crippen LogP contribution is -2.54. The van der Waals surface area contributed by atoms with Crippen molar-refractivity contribution in [2.75, 3.05) is 33.4 Å². The zero-order valence-electron chi connectivity index (χ0n) is 19.2. The first kappa shape index (κ1) is 23.7. The molecule has 1 saturated heterocycles. The van der Waals surface area contributed by atoms with E-state index in [0.29, 0.717) is 43.6 Å². The molecule has 8 heteroatoms. The first-order chi connectivity index (χ1) is 15.9. The van der Waals surface area contributed by atoms with Gasteiger partial charge in [-0.2, -0.15) is 0 Å². The van der Waals surface area contributed by atoms with Crippen molar-refractivity contribution in [2.45, 2.75) is 43.0 Å². The van der Waals surface area contributed by atoms with Gasteiger partial charge in [0.25, 0.3) is 0 Å². The highest BCUT2D eigenvalue weighted by Gasteiger charge is 2.35. The number of carbonyl (C=O) groups is 1. The van der Waals surface area contributed by atoms with Gasteiger partial charge in [0.1, 0.15) is 11.1 Å². The average Bonchev–Trinajstić information content (AvgIpc) is 3.63. The third-order valence-corrected chi connectivity index (χ3v) is 8.37. The van der Waals surface area contributed by atoms with Gasteiger partial charge in [0, 0.05) is 31.7 Å². The van der Waals surface area contributed by atoms with Gasteiger partial charge in [-0.25, -0.2) is 8.42 Å². The molecule has 1 aliphatic heterocycles. The molecule has 0 radical (unpaired) electrons. The number of ether oxygens (including phenoxy) is 2. The summed E-state index contributed by atoms with van der Waals surface area (Å²) in [7, 11) is -2.19. The number of rotatable bonds is 9. The number of benzene rings is 2. The van der Waals surface area contributed by atoms with Crippen LogP contribution in [0.25, 0.3) is 0 Å². The second kappa shape index (κ2) is 10.2. The Hall–Kier alpha value is -2.42. The van der Waals surface area contributed by atoms with Gasteiger partial charge < -0.3 is 14.8 Å². The molecule has 1 saturated carbocycles. The predicted molar refractivity (Wildman–Crippen MR) is 126 cm³/mol. The largest absolute Gasteiger partial charge is 0.493 e. The van der Waals surface area contributed by atoms with Gasteiger partial charge in [0.2, 0.25) is 0 Å². The van der Waals surface area contributed by atoms with E-state index in [1.54, 1.807) is 12.1 Å². The van der Waals surface area contributed by atoms with Crippen LogP contribution < -0.4 is 10.1 Å². The van der Waals surface area contributed by atoms with Crippen molar-refractivity contribution in [3.63, 3.8) is 0 Å². The third kappa shape index (κ3) is 5.93. The molecule has 4 rings (SSSR count). The molecule has 7 nitrogen and oxygen atoms in total. The number of hydrogen-bond acceptors (Lipinski definition) is 7. The summed E-state index contributed by atoms with van der Waals surface area (Å²) in [5.74, 6) is 1.04. The van der Waals surface area contributed by atoms with Gasteiger partial charge in [-0.05, 0) is 49.4 Å². The van der Waals surface area contributed by atoms with Gasteiger partial charge in [0.05, 0.1) is 25.0 Å². The highest BCUT2D eigenvalue weighted by atomic mass is 32.2. The monoisotopic (exact) mass is 472 g/mol. The molecule has 1 aliphatic carbocycles. The van der Waals surface area contributed by atoms with Crippen LogP contribution in [-0.4, -0.2) is 58.0 Å². The number of aryl methyl sites for hydroxylation is 1. The smallest absolute Gasteiger partial charge is 0.309 e. The Bertz CT molecular complexity index is 1080. The van der Waals surface area contributed by atoms with Crippen molar-refractivity contribution in [2.24, 2.45) is 5.92 Å². The summed E-state index contributed by atoms with van der Waals surface area (Å²) in [4.78, 5) is 14.1. The third-order valence-electron chi connectivity index (χ3n) is 6.26. The van der Waals surface area contributed by atoms with Crippen LogP contribution in [0.1, 0.15) is 29.5 Å². The zero-order chi connectivity index (χ0) is 23.4. The topological polar surface area (TPSA) is 84.9 Å². The molecule has 0 bridgehead atoms.